The van der Waals surface area contributed by atoms with Crippen molar-refractivity contribution in [3.05, 3.63) is 35.4 Å². The molecule has 0 fully saturated rings. The van der Waals surface area contributed by atoms with Gasteiger partial charge in [-0.05, 0) is 11.1 Å². The summed E-state index contributed by atoms with van der Waals surface area (Å²) in [5.41, 5.74) is 2.57. The van der Waals surface area contributed by atoms with Crippen LogP contribution < -0.4 is 0 Å². The Bertz CT molecular complexity index is 294. The lowest BCUT2D eigenvalue weighted by Gasteiger charge is -2.10. The summed E-state index contributed by atoms with van der Waals surface area (Å²) in [7, 11) is 0. The van der Waals surface area contributed by atoms with Gasteiger partial charge in [-0.15, -0.1) is 0 Å². The molecule has 12 heavy (non-hydrogen) atoms. The van der Waals surface area contributed by atoms with Crippen molar-refractivity contribution in [3.63, 3.8) is 0 Å². The van der Waals surface area contributed by atoms with E-state index in [4.69, 9.17) is 0 Å². The number of nitrogens with zero attached hydrogens (tertiary/aromatic N) is 1. The molecule has 2 rings (SSSR count). The molecule has 0 saturated carbocycles. The van der Waals surface area contributed by atoms with Crippen molar-refractivity contribution < 1.29 is 4.79 Å². The van der Waals surface area contributed by atoms with Crippen molar-refractivity contribution in [3.8, 4) is 0 Å². The van der Waals surface area contributed by atoms with Crippen molar-refractivity contribution in [2.75, 3.05) is 0 Å². The van der Waals surface area contributed by atoms with Crippen LogP contribution >= 0.6 is 0 Å². The van der Waals surface area contributed by atoms with Gasteiger partial charge in [0.05, 0.1) is 0 Å². The summed E-state index contributed by atoms with van der Waals surface area (Å²) < 4.78 is 0. The van der Waals surface area contributed by atoms with E-state index in [-0.39, 0.29) is 5.91 Å². The van der Waals surface area contributed by atoms with Gasteiger partial charge < -0.3 is 4.90 Å². The molecular formula is C10H11NO. The fourth-order valence-corrected chi connectivity index (χ4v) is 1.56. The van der Waals surface area contributed by atoms with Crippen LogP contribution in [0.15, 0.2) is 24.3 Å². The zero-order chi connectivity index (χ0) is 8.55. The maximum absolute atomic E-state index is 11.0. The largest absolute Gasteiger partial charge is 0.334 e. The molecule has 2 heteroatoms. The molecule has 0 atom stereocenters. The molecule has 0 radical (unpaired) electrons. The summed E-state index contributed by atoms with van der Waals surface area (Å²) in [5, 5.41) is 0. The summed E-state index contributed by atoms with van der Waals surface area (Å²) in [5.74, 6) is 0.159. The SMILES string of the molecule is CC(=O)N1Cc2ccccc2C1. The first kappa shape index (κ1) is 7.35. The van der Waals surface area contributed by atoms with Gasteiger partial charge in [-0.1, -0.05) is 24.3 Å². The summed E-state index contributed by atoms with van der Waals surface area (Å²) >= 11 is 0. The van der Waals surface area contributed by atoms with E-state index in [9.17, 15) is 4.79 Å². The number of benzene rings is 1. The fourth-order valence-electron chi connectivity index (χ4n) is 1.56. The van der Waals surface area contributed by atoms with Gasteiger partial charge in [-0.25, -0.2) is 0 Å². The van der Waals surface area contributed by atoms with Crippen LogP contribution in [0, 0.1) is 0 Å². The van der Waals surface area contributed by atoms with Gasteiger partial charge in [-0.3, -0.25) is 4.79 Å². The molecule has 0 N–H and O–H groups in total. The molecular weight excluding hydrogens is 150 g/mol. The van der Waals surface area contributed by atoms with Crippen molar-refractivity contribution in [2.45, 2.75) is 20.0 Å². The quantitative estimate of drug-likeness (QED) is 0.565. The number of hydrogen-bond acceptors (Lipinski definition) is 1. The van der Waals surface area contributed by atoms with Crippen LogP contribution in [0.2, 0.25) is 0 Å². The standard InChI is InChI=1S/C10H11NO/c1-8(12)11-6-9-4-2-3-5-10(9)7-11/h2-5H,6-7H2,1H3. The van der Waals surface area contributed by atoms with Crippen LogP contribution in [0.3, 0.4) is 0 Å². The Morgan fingerprint density at radius 1 is 1.25 bits per heavy atom. The van der Waals surface area contributed by atoms with Crippen LogP contribution in [0.5, 0.6) is 0 Å². The minimum Gasteiger partial charge on any atom is -0.334 e. The minimum atomic E-state index is 0.159. The molecule has 1 aromatic carbocycles. The van der Waals surface area contributed by atoms with Crippen molar-refractivity contribution in [1.29, 1.82) is 0 Å². The van der Waals surface area contributed by atoms with Gasteiger partial charge in [0.1, 0.15) is 0 Å². The average molecular weight is 161 g/mol. The Kier molecular flexibility index (Phi) is 1.61. The second-order valence-corrected chi connectivity index (χ2v) is 3.14. The van der Waals surface area contributed by atoms with Gasteiger partial charge in [0, 0.05) is 20.0 Å². The van der Waals surface area contributed by atoms with Crippen LogP contribution in [-0.4, -0.2) is 10.8 Å². The molecule has 1 heterocycles. The third kappa shape index (κ3) is 1.09. The highest BCUT2D eigenvalue weighted by atomic mass is 16.2. The van der Waals surface area contributed by atoms with E-state index < -0.39 is 0 Å². The number of amides is 1. The van der Waals surface area contributed by atoms with Gasteiger partial charge in [-0.2, -0.15) is 0 Å². The molecule has 1 aliphatic heterocycles. The number of rotatable bonds is 0. The van der Waals surface area contributed by atoms with Crippen molar-refractivity contribution >= 4 is 5.91 Å². The first-order chi connectivity index (χ1) is 5.77. The Morgan fingerprint density at radius 2 is 1.75 bits per heavy atom. The predicted molar refractivity (Wildman–Crippen MR) is 46.4 cm³/mol. The lowest BCUT2D eigenvalue weighted by atomic mass is 10.1. The topological polar surface area (TPSA) is 20.3 Å². The Hall–Kier alpha value is -1.31. The van der Waals surface area contributed by atoms with Crippen molar-refractivity contribution in [2.24, 2.45) is 0 Å². The van der Waals surface area contributed by atoms with Crippen LogP contribution in [0.4, 0.5) is 0 Å². The van der Waals surface area contributed by atoms with Gasteiger partial charge in [0.15, 0.2) is 0 Å². The van der Waals surface area contributed by atoms with Gasteiger partial charge in [0.25, 0.3) is 0 Å². The van der Waals surface area contributed by atoms with E-state index >= 15 is 0 Å². The summed E-state index contributed by atoms with van der Waals surface area (Å²) in [6, 6.07) is 8.20. The molecule has 1 aromatic rings. The third-order valence-electron chi connectivity index (χ3n) is 2.29. The molecule has 1 aliphatic rings. The number of fused-ring (bicyclic) bond motifs is 1. The molecule has 2 nitrogen and oxygen atoms in total. The first-order valence-corrected chi connectivity index (χ1v) is 4.09. The van der Waals surface area contributed by atoms with E-state index in [1.54, 1.807) is 6.92 Å². The second kappa shape index (κ2) is 2.63. The van der Waals surface area contributed by atoms with E-state index in [1.807, 2.05) is 17.0 Å². The summed E-state index contributed by atoms with van der Waals surface area (Å²) in [6.45, 7) is 3.18. The van der Waals surface area contributed by atoms with E-state index in [0.717, 1.165) is 13.1 Å². The maximum Gasteiger partial charge on any atom is 0.220 e. The lowest BCUT2D eigenvalue weighted by molar-refractivity contribution is -0.129. The molecule has 1 amide bonds. The van der Waals surface area contributed by atoms with Crippen molar-refractivity contribution in [1.82, 2.24) is 4.90 Å². The fraction of sp³-hybridized carbons (Fsp3) is 0.300. The minimum absolute atomic E-state index is 0.159. The monoisotopic (exact) mass is 161 g/mol. The van der Waals surface area contributed by atoms with Crippen LogP contribution in [-0.2, 0) is 17.9 Å². The smallest absolute Gasteiger partial charge is 0.220 e. The Balaban J connectivity index is 2.27. The summed E-state index contributed by atoms with van der Waals surface area (Å²) in [6.07, 6.45) is 0. The second-order valence-electron chi connectivity index (χ2n) is 3.14. The average Bonchev–Trinajstić information content (AvgIpc) is 2.46. The maximum atomic E-state index is 11.0. The lowest BCUT2D eigenvalue weighted by Crippen LogP contribution is -2.21. The van der Waals surface area contributed by atoms with E-state index in [1.165, 1.54) is 11.1 Å². The number of carbonyl (C=O) groups excluding carboxylic acids is 1. The Morgan fingerprint density at radius 3 is 2.17 bits per heavy atom. The number of hydrogen-bond donors (Lipinski definition) is 0. The molecule has 0 unspecified atom stereocenters. The molecule has 0 saturated heterocycles. The normalized spacial score (nSPS) is 14.6. The van der Waals surface area contributed by atoms with E-state index in [0.29, 0.717) is 0 Å². The van der Waals surface area contributed by atoms with E-state index in [2.05, 4.69) is 12.1 Å². The zero-order valence-corrected chi connectivity index (χ0v) is 7.08. The first-order valence-electron chi connectivity index (χ1n) is 4.09. The highest BCUT2D eigenvalue weighted by Gasteiger charge is 2.19. The predicted octanol–water partition coefficient (Wildman–Crippen LogP) is 1.55. The van der Waals surface area contributed by atoms with Crippen LogP contribution in [0.25, 0.3) is 0 Å². The molecule has 0 spiro atoms. The third-order valence-corrected chi connectivity index (χ3v) is 2.29. The molecule has 62 valence electrons. The summed E-state index contributed by atoms with van der Waals surface area (Å²) in [4.78, 5) is 12.9. The molecule has 0 aromatic heterocycles. The van der Waals surface area contributed by atoms with Gasteiger partial charge >= 0.3 is 0 Å². The highest BCUT2D eigenvalue weighted by molar-refractivity contribution is 5.74. The molecule has 0 bridgehead atoms. The Labute approximate surface area is 71.8 Å². The number of carbonyl (C=O) groups is 1. The highest BCUT2D eigenvalue weighted by Crippen LogP contribution is 2.21. The molecule has 0 aliphatic carbocycles. The van der Waals surface area contributed by atoms with Crippen LogP contribution in [0.1, 0.15) is 18.1 Å². The zero-order valence-electron chi connectivity index (χ0n) is 7.08. The van der Waals surface area contributed by atoms with Gasteiger partial charge in [0.2, 0.25) is 5.91 Å².